The lowest BCUT2D eigenvalue weighted by Gasteiger charge is -2.28. The van der Waals surface area contributed by atoms with E-state index in [0.717, 1.165) is 18.7 Å². The second-order valence-electron chi connectivity index (χ2n) is 6.17. The fourth-order valence-electron chi connectivity index (χ4n) is 2.95. The van der Waals surface area contributed by atoms with Crippen molar-refractivity contribution < 1.29 is 18.1 Å². The van der Waals surface area contributed by atoms with Crippen LogP contribution in [0.25, 0.3) is 0 Å². The molecule has 1 aromatic rings. The van der Waals surface area contributed by atoms with Crippen LogP contribution in [-0.2, 0) is 21.2 Å². The number of sulfonamides is 1. The number of piperidine rings is 1. The first-order chi connectivity index (χ1) is 10.9. The molecule has 0 saturated carbocycles. The zero-order valence-corrected chi connectivity index (χ0v) is 14.4. The lowest BCUT2D eigenvalue weighted by atomic mass is 10.1. The topological polar surface area (TPSA) is 93.7 Å². The summed E-state index contributed by atoms with van der Waals surface area (Å²) in [6.45, 7) is 4.68. The third kappa shape index (κ3) is 5.30. The van der Waals surface area contributed by atoms with Gasteiger partial charge in [-0.2, -0.15) is 0 Å². The summed E-state index contributed by atoms with van der Waals surface area (Å²) in [6.07, 6.45) is 4.33. The Morgan fingerprint density at radius 3 is 2.39 bits per heavy atom. The molecule has 0 radical (unpaired) electrons. The molecule has 0 aromatic heterocycles. The largest absolute Gasteiger partial charge is 0.351 e. The van der Waals surface area contributed by atoms with Gasteiger partial charge in [0.2, 0.25) is 10.0 Å². The van der Waals surface area contributed by atoms with Crippen LogP contribution in [0, 0.1) is 0 Å². The molecule has 4 N–H and O–H groups in total. The SMILES string of the molecule is C[C@@H](C(=O)NCCc1ccc(S(N)(=O)=O)cc1)[NH+]1CCCCC1. The lowest BCUT2D eigenvalue weighted by Crippen LogP contribution is -3.17. The summed E-state index contributed by atoms with van der Waals surface area (Å²) in [5.41, 5.74) is 0.968. The van der Waals surface area contributed by atoms with E-state index in [1.54, 1.807) is 12.1 Å². The average Bonchev–Trinajstić information content (AvgIpc) is 2.54. The first-order valence-electron chi connectivity index (χ1n) is 8.12. The van der Waals surface area contributed by atoms with Gasteiger partial charge < -0.3 is 10.2 Å². The van der Waals surface area contributed by atoms with Gasteiger partial charge in [-0.15, -0.1) is 0 Å². The Balaban J connectivity index is 1.78. The van der Waals surface area contributed by atoms with Crippen molar-refractivity contribution in [1.29, 1.82) is 0 Å². The van der Waals surface area contributed by atoms with Crippen LogP contribution in [0.3, 0.4) is 0 Å². The van der Waals surface area contributed by atoms with Crippen LogP contribution in [0.1, 0.15) is 31.7 Å². The average molecular weight is 340 g/mol. The van der Waals surface area contributed by atoms with E-state index in [4.69, 9.17) is 5.14 Å². The highest BCUT2D eigenvalue weighted by atomic mass is 32.2. The molecule has 7 heteroatoms. The minimum atomic E-state index is -3.65. The van der Waals surface area contributed by atoms with Crippen molar-refractivity contribution in [2.75, 3.05) is 19.6 Å². The van der Waals surface area contributed by atoms with Gasteiger partial charge in [0.05, 0.1) is 18.0 Å². The number of hydrogen-bond donors (Lipinski definition) is 3. The summed E-state index contributed by atoms with van der Waals surface area (Å²) in [6, 6.07) is 6.43. The van der Waals surface area contributed by atoms with E-state index < -0.39 is 10.0 Å². The van der Waals surface area contributed by atoms with Crippen LogP contribution in [-0.4, -0.2) is 40.0 Å². The van der Waals surface area contributed by atoms with E-state index in [-0.39, 0.29) is 16.8 Å². The Hall–Kier alpha value is -1.44. The number of hydrogen-bond acceptors (Lipinski definition) is 3. The highest BCUT2D eigenvalue weighted by Gasteiger charge is 2.25. The van der Waals surface area contributed by atoms with Crippen molar-refractivity contribution >= 4 is 15.9 Å². The Kier molecular flexibility index (Phi) is 6.15. The van der Waals surface area contributed by atoms with Gasteiger partial charge in [-0.3, -0.25) is 4.79 Å². The Labute approximate surface area is 138 Å². The van der Waals surface area contributed by atoms with Gasteiger partial charge in [0.1, 0.15) is 0 Å². The number of nitrogens with one attached hydrogen (secondary N) is 2. The number of amides is 1. The van der Waals surface area contributed by atoms with E-state index in [0.29, 0.717) is 13.0 Å². The molecule has 0 bridgehead atoms. The minimum Gasteiger partial charge on any atom is -0.351 e. The Bertz CT molecular complexity index is 622. The minimum absolute atomic E-state index is 0.0138. The van der Waals surface area contributed by atoms with E-state index in [2.05, 4.69) is 5.32 Å². The zero-order chi connectivity index (χ0) is 16.9. The van der Waals surface area contributed by atoms with Gasteiger partial charge in [0.15, 0.2) is 6.04 Å². The second kappa shape index (κ2) is 7.90. The quantitative estimate of drug-likeness (QED) is 0.649. The molecule has 1 aliphatic rings. The standard InChI is InChI=1S/C16H25N3O3S/c1-13(19-11-3-2-4-12-19)16(20)18-10-9-14-5-7-15(8-6-14)23(17,21)22/h5-8,13H,2-4,9-12H2,1H3,(H,18,20)(H2,17,21,22)/p+1/t13-/m0/s1. The molecule has 0 aliphatic carbocycles. The van der Waals surface area contributed by atoms with Gasteiger partial charge in [0, 0.05) is 6.54 Å². The number of benzene rings is 1. The highest BCUT2D eigenvalue weighted by molar-refractivity contribution is 7.89. The predicted molar refractivity (Wildman–Crippen MR) is 88.5 cm³/mol. The summed E-state index contributed by atoms with van der Waals surface area (Å²) in [4.78, 5) is 13.7. The summed E-state index contributed by atoms with van der Waals surface area (Å²) in [5, 5.41) is 8.03. The van der Waals surface area contributed by atoms with Crippen molar-refractivity contribution in [2.45, 2.75) is 43.5 Å². The molecule has 1 saturated heterocycles. The third-order valence-electron chi connectivity index (χ3n) is 4.47. The summed E-state index contributed by atoms with van der Waals surface area (Å²) in [7, 11) is -3.65. The van der Waals surface area contributed by atoms with Crippen LogP contribution in [0.5, 0.6) is 0 Å². The van der Waals surface area contributed by atoms with Crippen LogP contribution < -0.4 is 15.4 Å². The highest BCUT2D eigenvalue weighted by Crippen LogP contribution is 2.08. The number of likely N-dealkylation sites (tertiary alicyclic amines) is 1. The van der Waals surface area contributed by atoms with Gasteiger partial charge in [0.25, 0.3) is 5.91 Å². The molecule has 1 aliphatic heterocycles. The fourth-order valence-corrected chi connectivity index (χ4v) is 3.47. The molecule has 1 atom stereocenters. The zero-order valence-electron chi connectivity index (χ0n) is 13.5. The van der Waals surface area contributed by atoms with Crippen LogP contribution >= 0.6 is 0 Å². The predicted octanol–water partition coefficient (Wildman–Crippen LogP) is -0.550. The number of carbonyl (C=O) groups excluding carboxylic acids is 1. The molecule has 6 nitrogen and oxygen atoms in total. The first-order valence-corrected chi connectivity index (χ1v) is 9.66. The monoisotopic (exact) mass is 340 g/mol. The molecule has 0 unspecified atom stereocenters. The molecule has 1 aromatic carbocycles. The molecular formula is C16H26N3O3S+. The molecule has 1 heterocycles. The normalized spacial score (nSPS) is 17.7. The molecule has 23 heavy (non-hydrogen) atoms. The van der Waals surface area contributed by atoms with E-state index >= 15 is 0 Å². The summed E-state index contributed by atoms with van der Waals surface area (Å²) in [5.74, 6) is 0.0862. The molecule has 1 amide bonds. The maximum Gasteiger partial charge on any atom is 0.278 e. The van der Waals surface area contributed by atoms with Crippen LogP contribution in [0.2, 0.25) is 0 Å². The number of quaternary nitrogens is 1. The fraction of sp³-hybridized carbons (Fsp3) is 0.562. The van der Waals surface area contributed by atoms with Gasteiger partial charge in [-0.25, -0.2) is 13.6 Å². The maximum atomic E-state index is 12.2. The van der Waals surface area contributed by atoms with Crippen LogP contribution in [0.4, 0.5) is 0 Å². The Morgan fingerprint density at radius 1 is 1.22 bits per heavy atom. The summed E-state index contributed by atoms with van der Waals surface area (Å²) >= 11 is 0. The number of nitrogens with two attached hydrogens (primary N) is 1. The van der Waals surface area contributed by atoms with Crippen LogP contribution in [0.15, 0.2) is 29.2 Å². The lowest BCUT2D eigenvalue weighted by molar-refractivity contribution is -0.918. The summed E-state index contributed by atoms with van der Waals surface area (Å²) < 4.78 is 22.4. The molecule has 2 rings (SSSR count). The van der Waals surface area contributed by atoms with Crippen molar-refractivity contribution in [3.05, 3.63) is 29.8 Å². The maximum absolute atomic E-state index is 12.2. The van der Waals surface area contributed by atoms with Crippen molar-refractivity contribution in [2.24, 2.45) is 5.14 Å². The number of primary sulfonamides is 1. The third-order valence-corrected chi connectivity index (χ3v) is 5.40. The van der Waals surface area contributed by atoms with Gasteiger partial charge in [-0.05, 0) is 50.3 Å². The Morgan fingerprint density at radius 2 is 1.83 bits per heavy atom. The van der Waals surface area contributed by atoms with Crippen molar-refractivity contribution in [1.82, 2.24) is 5.32 Å². The molecule has 0 spiro atoms. The van der Waals surface area contributed by atoms with Crippen molar-refractivity contribution in [3.63, 3.8) is 0 Å². The smallest absolute Gasteiger partial charge is 0.278 e. The van der Waals surface area contributed by atoms with Gasteiger partial charge in [-0.1, -0.05) is 12.1 Å². The first kappa shape index (κ1) is 17.9. The number of carbonyl (C=O) groups is 1. The molecule has 1 fully saturated rings. The van der Waals surface area contributed by atoms with E-state index in [1.807, 2.05) is 6.92 Å². The second-order valence-corrected chi connectivity index (χ2v) is 7.73. The number of rotatable bonds is 6. The van der Waals surface area contributed by atoms with E-state index in [9.17, 15) is 13.2 Å². The van der Waals surface area contributed by atoms with E-state index in [1.165, 1.54) is 36.3 Å². The van der Waals surface area contributed by atoms with Gasteiger partial charge >= 0.3 is 0 Å². The van der Waals surface area contributed by atoms with Crippen molar-refractivity contribution in [3.8, 4) is 0 Å². The molecule has 128 valence electrons. The molecular weight excluding hydrogens is 314 g/mol.